The Hall–Kier alpha value is -3.42. The van der Waals surface area contributed by atoms with E-state index in [4.69, 9.17) is 4.74 Å². The van der Waals surface area contributed by atoms with Crippen LogP contribution in [-0.2, 0) is 4.79 Å². The molecule has 4 amide bonds. The minimum absolute atomic E-state index is 0.0728. The molecule has 1 atom stereocenters. The lowest BCUT2D eigenvalue weighted by Crippen LogP contribution is -2.32. The Morgan fingerprint density at radius 3 is 2.58 bits per heavy atom. The van der Waals surface area contributed by atoms with Gasteiger partial charge in [0, 0.05) is 0 Å². The Bertz CT molecular complexity index is 900. The van der Waals surface area contributed by atoms with Crippen molar-refractivity contribution in [2.24, 2.45) is 0 Å². The summed E-state index contributed by atoms with van der Waals surface area (Å²) in [6, 6.07) is 9.05. The second kappa shape index (κ2) is 6.83. The highest BCUT2D eigenvalue weighted by atomic mass is 19.1. The summed E-state index contributed by atoms with van der Waals surface area (Å²) in [6.45, 7) is 1.56. The zero-order chi connectivity index (χ0) is 18.8. The molecule has 26 heavy (non-hydrogen) atoms. The van der Waals surface area contributed by atoms with E-state index >= 15 is 0 Å². The van der Waals surface area contributed by atoms with Crippen molar-refractivity contribution >= 4 is 29.2 Å². The van der Waals surface area contributed by atoms with Crippen LogP contribution in [0.15, 0.2) is 42.5 Å². The number of urea groups is 1. The topological polar surface area (TPSA) is 87.7 Å². The second-order valence-corrected chi connectivity index (χ2v) is 5.63. The predicted molar refractivity (Wildman–Crippen MR) is 92.8 cm³/mol. The van der Waals surface area contributed by atoms with E-state index in [1.54, 1.807) is 19.1 Å². The van der Waals surface area contributed by atoms with Crippen molar-refractivity contribution in [3.8, 4) is 5.75 Å². The average Bonchev–Trinajstić information content (AvgIpc) is 2.87. The maximum absolute atomic E-state index is 14.1. The van der Waals surface area contributed by atoms with Crippen molar-refractivity contribution in [3.05, 3.63) is 53.8 Å². The third-order valence-corrected chi connectivity index (χ3v) is 3.95. The highest BCUT2D eigenvalue weighted by Crippen LogP contribution is 2.30. The van der Waals surface area contributed by atoms with Crippen molar-refractivity contribution in [1.29, 1.82) is 0 Å². The van der Waals surface area contributed by atoms with Gasteiger partial charge in [0.05, 0.1) is 18.5 Å². The van der Waals surface area contributed by atoms with Gasteiger partial charge in [-0.25, -0.2) is 14.1 Å². The predicted octanol–water partition coefficient (Wildman–Crippen LogP) is 2.53. The molecule has 1 fully saturated rings. The van der Waals surface area contributed by atoms with Crippen molar-refractivity contribution in [2.75, 3.05) is 17.3 Å². The zero-order valence-corrected chi connectivity index (χ0v) is 14.1. The Balaban J connectivity index is 1.97. The van der Waals surface area contributed by atoms with E-state index in [-0.39, 0.29) is 22.7 Å². The lowest BCUT2D eigenvalue weighted by molar-refractivity contribution is -0.117. The summed E-state index contributed by atoms with van der Waals surface area (Å²) in [5.41, 5.74) is 0.124. The number of hydrogen-bond acceptors (Lipinski definition) is 4. The smallest absolute Gasteiger partial charge is 0.329 e. The molecule has 0 radical (unpaired) electrons. The number of carbonyl (C=O) groups is 3. The summed E-state index contributed by atoms with van der Waals surface area (Å²) >= 11 is 0. The summed E-state index contributed by atoms with van der Waals surface area (Å²) in [7, 11) is 1.33. The van der Waals surface area contributed by atoms with Gasteiger partial charge in [-0.15, -0.1) is 0 Å². The number of benzene rings is 2. The third-order valence-electron chi connectivity index (χ3n) is 3.95. The number of hydrogen-bond donors (Lipinski definition) is 2. The zero-order valence-electron chi connectivity index (χ0n) is 14.1. The number of methoxy groups -OCH3 is 1. The number of nitrogens with zero attached hydrogens (tertiary/aromatic N) is 1. The molecule has 1 heterocycles. The fraction of sp³-hybridized carbons (Fsp3) is 0.167. The number of carbonyl (C=O) groups excluding carboxylic acids is 3. The van der Waals surface area contributed by atoms with Crippen LogP contribution < -0.4 is 20.3 Å². The second-order valence-electron chi connectivity index (χ2n) is 5.63. The fourth-order valence-electron chi connectivity index (χ4n) is 2.69. The summed E-state index contributed by atoms with van der Waals surface area (Å²) in [4.78, 5) is 37.8. The molecule has 3 rings (SSSR count). The molecule has 1 aliphatic heterocycles. The molecule has 0 bridgehead atoms. The first kappa shape index (κ1) is 17.4. The van der Waals surface area contributed by atoms with Crippen LogP contribution in [0.1, 0.15) is 17.3 Å². The normalized spacial score (nSPS) is 16.4. The molecule has 1 aliphatic rings. The monoisotopic (exact) mass is 357 g/mol. The standard InChI is InChI=1S/C18H16FN3O4/c1-10-17(24)22(18(25)20-10)13-8-4-3-7-12(13)21-16(23)15-11(19)6-5-9-14(15)26-2/h3-10H,1-2H3,(H,20,25)(H,21,23)/t10-/m0/s1. The van der Waals surface area contributed by atoms with Gasteiger partial charge in [0.2, 0.25) is 0 Å². The largest absolute Gasteiger partial charge is 0.496 e. The van der Waals surface area contributed by atoms with Crippen LogP contribution in [0.25, 0.3) is 0 Å². The molecule has 7 nitrogen and oxygen atoms in total. The molecule has 8 heteroatoms. The van der Waals surface area contributed by atoms with Gasteiger partial charge in [0.25, 0.3) is 11.8 Å². The number of para-hydroxylation sites is 2. The Morgan fingerprint density at radius 1 is 1.19 bits per heavy atom. The molecule has 0 saturated carbocycles. The molecular weight excluding hydrogens is 341 g/mol. The van der Waals surface area contributed by atoms with Crippen LogP contribution in [0.4, 0.5) is 20.6 Å². The molecule has 2 N–H and O–H groups in total. The molecule has 134 valence electrons. The van der Waals surface area contributed by atoms with Gasteiger partial charge in [-0.05, 0) is 31.2 Å². The molecule has 0 aromatic heterocycles. The van der Waals surface area contributed by atoms with Crippen LogP contribution in [0.2, 0.25) is 0 Å². The SMILES string of the molecule is COc1cccc(F)c1C(=O)Nc1ccccc1N1C(=O)N[C@@H](C)C1=O. The first-order chi connectivity index (χ1) is 12.4. The summed E-state index contributed by atoms with van der Waals surface area (Å²) in [5.74, 6) is -1.88. The molecule has 1 saturated heterocycles. The van der Waals surface area contributed by atoms with Gasteiger partial charge in [-0.2, -0.15) is 0 Å². The molecule has 2 aromatic carbocycles. The minimum Gasteiger partial charge on any atom is -0.496 e. The number of amides is 4. The van der Waals surface area contributed by atoms with E-state index in [0.29, 0.717) is 0 Å². The summed E-state index contributed by atoms with van der Waals surface area (Å²) in [5, 5.41) is 5.04. The maximum Gasteiger partial charge on any atom is 0.329 e. The van der Waals surface area contributed by atoms with Crippen LogP contribution in [-0.4, -0.2) is 31.0 Å². The van der Waals surface area contributed by atoms with Crippen molar-refractivity contribution < 1.29 is 23.5 Å². The van der Waals surface area contributed by atoms with E-state index in [0.717, 1.165) is 11.0 Å². The Morgan fingerprint density at radius 2 is 1.92 bits per heavy atom. The van der Waals surface area contributed by atoms with Gasteiger partial charge in [0.15, 0.2) is 0 Å². The van der Waals surface area contributed by atoms with Crippen LogP contribution in [0, 0.1) is 5.82 Å². The van der Waals surface area contributed by atoms with E-state index in [9.17, 15) is 18.8 Å². The van der Waals surface area contributed by atoms with Crippen LogP contribution >= 0.6 is 0 Å². The highest BCUT2D eigenvalue weighted by Gasteiger charge is 2.37. The van der Waals surface area contributed by atoms with E-state index in [1.807, 2.05) is 0 Å². The van der Waals surface area contributed by atoms with Crippen LogP contribution in [0.5, 0.6) is 5.75 Å². The van der Waals surface area contributed by atoms with Gasteiger partial charge in [0.1, 0.15) is 23.2 Å². The van der Waals surface area contributed by atoms with Gasteiger partial charge >= 0.3 is 6.03 Å². The van der Waals surface area contributed by atoms with Crippen molar-refractivity contribution in [3.63, 3.8) is 0 Å². The molecule has 0 unspecified atom stereocenters. The Labute approximate surface area is 148 Å². The number of ether oxygens (including phenoxy) is 1. The summed E-state index contributed by atoms with van der Waals surface area (Å²) in [6.07, 6.45) is 0. The molecular formula is C18H16FN3O4. The molecule has 0 spiro atoms. The summed E-state index contributed by atoms with van der Waals surface area (Å²) < 4.78 is 19.1. The Kier molecular flexibility index (Phi) is 4.57. The van der Waals surface area contributed by atoms with E-state index < -0.39 is 29.7 Å². The number of nitrogens with one attached hydrogen (secondary N) is 2. The number of imide groups is 1. The first-order valence-electron chi connectivity index (χ1n) is 7.81. The van der Waals surface area contributed by atoms with E-state index in [2.05, 4.69) is 10.6 Å². The molecule has 0 aliphatic carbocycles. The third kappa shape index (κ3) is 2.97. The van der Waals surface area contributed by atoms with Crippen molar-refractivity contribution in [1.82, 2.24) is 5.32 Å². The maximum atomic E-state index is 14.1. The fourth-order valence-corrected chi connectivity index (χ4v) is 2.69. The average molecular weight is 357 g/mol. The lowest BCUT2D eigenvalue weighted by Gasteiger charge is -2.18. The lowest BCUT2D eigenvalue weighted by atomic mass is 10.1. The van der Waals surface area contributed by atoms with Gasteiger partial charge in [-0.1, -0.05) is 18.2 Å². The molecule has 2 aromatic rings. The number of anilines is 2. The van der Waals surface area contributed by atoms with Gasteiger partial charge in [-0.3, -0.25) is 9.59 Å². The number of rotatable bonds is 4. The highest BCUT2D eigenvalue weighted by molar-refractivity contribution is 6.23. The van der Waals surface area contributed by atoms with Crippen molar-refractivity contribution in [2.45, 2.75) is 13.0 Å². The minimum atomic E-state index is -0.757. The van der Waals surface area contributed by atoms with E-state index in [1.165, 1.54) is 31.4 Å². The van der Waals surface area contributed by atoms with Crippen LogP contribution in [0.3, 0.4) is 0 Å². The van der Waals surface area contributed by atoms with Gasteiger partial charge < -0.3 is 15.4 Å². The quantitative estimate of drug-likeness (QED) is 0.823. The first-order valence-corrected chi connectivity index (χ1v) is 7.81. The number of halogens is 1.